The van der Waals surface area contributed by atoms with Crippen molar-refractivity contribution in [3.8, 4) is 17.6 Å². The highest BCUT2D eigenvalue weighted by atomic mass is 19.1. The van der Waals surface area contributed by atoms with E-state index < -0.39 is 107 Å². The maximum absolute atomic E-state index is 17.9. The Labute approximate surface area is 429 Å². The number of aliphatic hydroxyl groups excluding tert-OH is 1. The molecule has 1 aliphatic heterocycles. The molecule has 1 saturated heterocycles. The van der Waals surface area contributed by atoms with Gasteiger partial charge in [-0.25, -0.2) is 8.78 Å². The van der Waals surface area contributed by atoms with Gasteiger partial charge in [-0.15, -0.1) is 5.92 Å². The molecule has 2 amide bonds. The fourth-order valence-electron chi connectivity index (χ4n) is 12.8. The van der Waals surface area contributed by atoms with Crippen molar-refractivity contribution in [2.24, 2.45) is 40.2 Å². The highest BCUT2D eigenvalue weighted by Gasteiger charge is 2.80. The number of rotatable bonds is 23. The monoisotopic (exact) mass is 1020 g/mol. The number of ether oxygens (including phenoxy) is 4. The Morgan fingerprint density at radius 3 is 2.47 bits per heavy atom. The van der Waals surface area contributed by atoms with E-state index >= 15 is 8.78 Å². The number of nitrogens with one attached hydrogen (secondary N) is 2. The third-order valence-electron chi connectivity index (χ3n) is 16.9. The number of alkyl halides is 2. The van der Waals surface area contributed by atoms with Gasteiger partial charge in [0.25, 0.3) is 0 Å². The molecule has 3 saturated carbocycles. The first-order valence-corrected chi connectivity index (χ1v) is 26.7. The van der Waals surface area contributed by atoms with Crippen LogP contribution in [0.1, 0.15) is 144 Å². The molecule has 14 nitrogen and oxygen atoms in total. The Morgan fingerprint density at radius 1 is 0.986 bits per heavy atom. The van der Waals surface area contributed by atoms with Gasteiger partial charge in [-0.05, 0) is 119 Å². The number of Topliss-reactive ketones (excluding diaryl/α,β-unsaturated/α-hetero) is 3. The highest BCUT2D eigenvalue weighted by Crippen LogP contribution is 2.72. The summed E-state index contributed by atoms with van der Waals surface area (Å²) in [6.07, 6.45) is 7.36. The topological polar surface area (TPSA) is 210 Å². The first-order valence-electron chi connectivity index (χ1n) is 26.7. The number of aliphatic hydroxyl groups is 1. The molecule has 14 atom stereocenters. The molecule has 4 fully saturated rings. The molecule has 0 bridgehead atoms. The number of anilines is 1. The molecule has 2 unspecified atom stereocenters. The number of nitrogens with two attached hydrogens (primary N) is 1. The molecular formula is C57H77F2N3O11. The number of fused-ring (bicyclic) bond motifs is 7. The first-order chi connectivity index (χ1) is 34.7. The lowest BCUT2D eigenvalue weighted by atomic mass is 9.44. The van der Waals surface area contributed by atoms with Gasteiger partial charge in [-0.1, -0.05) is 72.3 Å². The summed E-state index contributed by atoms with van der Waals surface area (Å²) in [4.78, 5) is 79.4. The van der Waals surface area contributed by atoms with Gasteiger partial charge in [0.1, 0.15) is 31.2 Å². The molecule has 0 aromatic heterocycles. The number of halogens is 2. The van der Waals surface area contributed by atoms with Gasteiger partial charge < -0.3 is 40.4 Å². The van der Waals surface area contributed by atoms with E-state index in [0.717, 1.165) is 38.2 Å². The van der Waals surface area contributed by atoms with Gasteiger partial charge in [-0.3, -0.25) is 28.8 Å². The second-order valence-corrected chi connectivity index (χ2v) is 22.3. The minimum atomic E-state index is -2.33. The molecule has 5 aliphatic carbocycles. The van der Waals surface area contributed by atoms with Crippen molar-refractivity contribution in [2.45, 2.75) is 198 Å². The van der Waals surface area contributed by atoms with Gasteiger partial charge >= 0.3 is 0 Å². The van der Waals surface area contributed by atoms with Crippen molar-refractivity contribution in [3.05, 3.63) is 48.1 Å². The van der Waals surface area contributed by atoms with Crippen LogP contribution in [0.2, 0.25) is 0 Å². The van der Waals surface area contributed by atoms with Crippen LogP contribution in [-0.4, -0.2) is 107 Å². The normalized spacial score (nSPS) is 33.5. The smallest absolute Gasteiger partial charge is 0.237 e. The van der Waals surface area contributed by atoms with E-state index in [1.54, 1.807) is 31.2 Å². The van der Waals surface area contributed by atoms with Crippen LogP contribution in [0.5, 0.6) is 5.75 Å². The number of allylic oxidation sites excluding steroid dienone is 4. The fourth-order valence-corrected chi connectivity index (χ4v) is 12.8. The SMILES string of the molecule is CCCC1O[C@@H]2C[C@H]3[C@@H]4C[C@H](F)C5=CC(=O)C=C[C@]5(C)[C@@]4(F)[C@@H](O)C[C@]3(C)[C@]2(C(=O)COc2ccc(NC(=O)[C@H](C)CC(=O)[C@@H](NC(=O)[C@@H](N)CCCCCC(=O)COC3C#CCCCCC3)C(C)C)cc2)O1. The Morgan fingerprint density at radius 2 is 1.74 bits per heavy atom. The summed E-state index contributed by atoms with van der Waals surface area (Å²) >= 11 is 0. The van der Waals surface area contributed by atoms with Gasteiger partial charge in [0.2, 0.25) is 17.6 Å². The quantitative estimate of drug-likeness (QED) is 0.0614. The van der Waals surface area contributed by atoms with E-state index in [1.807, 2.05) is 27.7 Å². The Bertz CT molecular complexity index is 2350. The number of amides is 2. The van der Waals surface area contributed by atoms with Crippen molar-refractivity contribution in [1.29, 1.82) is 0 Å². The van der Waals surface area contributed by atoms with E-state index in [9.17, 15) is 33.9 Å². The number of hydrogen-bond donors (Lipinski definition) is 4. The Hall–Kier alpha value is -4.66. The van der Waals surface area contributed by atoms with Gasteiger partial charge in [0.05, 0.1) is 24.3 Å². The van der Waals surface area contributed by atoms with Crippen molar-refractivity contribution in [3.63, 3.8) is 0 Å². The number of hydrogen-bond acceptors (Lipinski definition) is 12. The maximum Gasteiger partial charge on any atom is 0.237 e. The zero-order valence-corrected chi connectivity index (χ0v) is 43.5. The number of carbonyl (C=O) groups is 6. The second-order valence-electron chi connectivity index (χ2n) is 22.3. The number of carbonyl (C=O) groups excluding carboxylic acids is 6. The van der Waals surface area contributed by atoms with Gasteiger partial charge in [0, 0.05) is 47.6 Å². The number of unbranched alkanes of at least 4 members (excludes halogenated alkanes) is 2. The summed E-state index contributed by atoms with van der Waals surface area (Å²) in [5, 5.41) is 17.5. The third-order valence-corrected chi connectivity index (χ3v) is 16.9. The van der Waals surface area contributed by atoms with E-state index in [4.69, 9.17) is 24.7 Å². The van der Waals surface area contributed by atoms with Crippen molar-refractivity contribution in [2.75, 3.05) is 18.5 Å². The predicted molar refractivity (Wildman–Crippen MR) is 269 cm³/mol. The average Bonchev–Trinajstić information content (AvgIpc) is 3.82. The summed E-state index contributed by atoms with van der Waals surface area (Å²) in [6, 6.07) is 4.65. The van der Waals surface area contributed by atoms with Crippen LogP contribution in [0.15, 0.2) is 48.1 Å². The minimum absolute atomic E-state index is 0.0209. The van der Waals surface area contributed by atoms with Crippen LogP contribution in [0.3, 0.4) is 0 Å². The summed E-state index contributed by atoms with van der Waals surface area (Å²) < 4.78 is 58.8. The molecule has 1 heterocycles. The lowest BCUT2D eigenvalue weighted by Crippen LogP contribution is -2.71. The molecule has 73 heavy (non-hydrogen) atoms. The first kappa shape index (κ1) is 56.1. The molecule has 16 heteroatoms. The van der Waals surface area contributed by atoms with Crippen molar-refractivity contribution < 1.29 is 61.6 Å². The predicted octanol–water partition coefficient (Wildman–Crippen LogP) is 7.72. The van der Waals surface area contributed by atoms with E-state index in [0.29, 0.717) is 56.4 Å². The molecule has 5 N–H and O–H groups in total. The zero-order chi connectivity index (χ0) is 52.9. The largest absolute Gasteiger partial charge is 0.486 e. The summed E-state index contributed by atoms with van der Waals surface area (Å²) in [7, 11) is 0. The average molecular weight is 1020 g/mol. The molecular weight excluding hydrogens is 941 g/mol. The molecule has 1 aromatic rings. The third kappa shape index (κ3) is 11.5. The van der Waals surface area contributed by atoms with Crippen LogP contribution >= 0.6 is 0 Å². The van der Waals surface area contributed by atoms with Crippen LogP contribution in [0.4, 0.5) is 14.5 Å². The van der Waals surface area contributed by atoms with Crippen molar-refractivity contribution >= 4 is 40.6 Å². The van der Waals surface area contributed by atoms with E-state index in [1.165, 1.54) is 19.1 Å². The van der Waals surface area contributed by atoms with Crippen LogP contribution in [0, 0.1) is 46.3 Å². The van der Waals surface area contributed by atoms with Gasteiger partial charge in [0.15, 0.2) is 34.9 Å². The van der Waals surface area contributed by atoms with Crippen LogP contribution in [0.25, 0.3) is 0 Å². The maximum atomic E-state index is 17.9. The summed E-state index contributed by atoms with van der Waals surface area (Å²) in [5.41, 5.74) is -0.0454. The molecule has 1 aromatic carbocycles. The van der Waals surface area contributed by atoms with E-state index in [-0.39, 0.29) is 61.5 Å². The van der Waals surface area contributed by atoms with E-state index in [2.05, 4.69) is 22.5 Å². The second kappa shape index (κ2) is 23.5. The molecule has 7 rings (SSSR count). The molecule has 0 radical (unpaired) electrons. The number of benzene rings is 1. The lowest BCUT2D eigenvalue weighted by molar-refractivity contribution is -0.234. The van der Waals surface area contributed by atoms with Crippen molar-refractivity contribution in [1.82, 2.24) is 5.32 Å². The molecule has 400 valence electrons. The van der Waals surface area contributed by atoms with Crippen LogP contribution in [-0.2, 0) is 43.0 Å². The summed E-state index contributed by atoms with van der Waals surface area (Å²) in [6.45, 7) is 10.1. The molecule has 6 aliphatic rings. The standard InChI is InChI=1S/C57H77F2N3O11/c1-7-16-50-72-49-30-41-42-29-44(58)43-28-37(63)25-26-54(43,5)56(42,59)47(66)31-55(41,6)57(49,73-50)48(67)33-71-40-23-21-36(22-24-40)61-52(68)35(4)27-46(65)51(34(2)3)62-53(69)45(60)20-15-11-12-17-38(64)32-70-39-18-13-9-8-10-14-19-39/h21-26,28,34-35,39,41-42,44-45,47,49-51,66H,7-13,15-18,20,27,29-33,60H2,1-6H3,(H,61,68)(H,62,69)/t35-,39?,41+,42+,44+,45+,47+,49-,50?,51+,54+,55+,56+,57-/m1/s1. The zero-order valence-electron chi connectivity index (χ0n) is 43.5. The highest BCUT2D eigenvalue weighted by molar-refractivity contribution is 6.01. The summed E-state index contributed by atoms with van der Waals surface area (Å²) in [5.74, 6) is 1.83. The van der Waals surface area contributed by atoms with Crippen LogP contribution < -0.4 is 21.1 Å². The Balaban J connectivity index is 0.887. The van der Waals surface area contributed by atoms with Gasteiger partial charge in [-0.2, -0.15) is 0 Å². The lowest BCUT2D eigenvalue weighted by Gasteiger charge is -2.63. The minimum Gasteiger partial charge on any atom is -0.486 e. The fraction of sp³-hybridized carbons (Fsp3) is 0.684. The molecule has 0 spiro atoms. The number of ketones is 4. The Kier molecular flexibility index (Phi) is 18.0.